The number of nitrogens with zero attached hydrogens (tertiary/aromatic N) is 1. The molecule has 0 bridgehead atoms. The predicted octanol–water partition coefficient (Wildman–Crippen LogP) is 3.22. The fraction of sp³-hybridized carbons (Fsp3) is 0.304. The van der Waals surface area contributed by atoms with Crippen LogP contribution in [0.3, 0.4) is 0 Å². The van der Waals surface area contributed by atoms with Gasteiger partial charge >= 0.3 is 0 Å². The number of aliphatic hydroxyl groups is 1. The zero-order chi connectivity index (χ0) is 21.4. The SMILES string of the molecule is COCCN1C(=O)C(=O)C(=C(O)c2ccc3c(c2)C[C@H](C)O3)[C@@H]1c1ccccc1F. The number of amides is 1. The number of methoxy groups -OCH3 is 1. The van der Waals surface area contributed by atoms with Crippen LogP contribution in [0.5, 0.6) is 5.75 Å². The molecule has 2 aliphatic heterocycles. The molecule has 7 heteroatoms. The average Bonchev–Trinajstić information content (AvgIpc) is 3.22. The van der Waals surface area contributed by atoms with Gasteiger partial charge in [-0.15, -0.1) is 0 Å². The van der Waals surface area contributed by atoms with Crippen LogP contribution in [0.2, 0.25) is 0 Å². The summed E-state index contributed by atoms with van der Waals surface area (Å²) in [5.41, 5.74) is 1.31. The van der Waals surface area contributed by atoms with Crippen LogP contribution in [0.4, 0.5) is 4.39 Å². The molecule has 0 saturated carbocycles. The third kappa shape index (κ3) is 3.35. The van der Waals surface area contributed by atoms with Crippen molar-refractivity contribution in [2.75, 3.05) is 20.3 Å². The van der Waals surface area contributed by atoms with Crippen molar-refractivity contribution in [3.63, 3.8) is 0 Å². The highest BCUT2D eigenvalue weighted by molar-refractivity contribution is 6.46. The second-order valence-electron chi connectivity index (χ2n) is 7.46. The molecule has 1 amide bonds. The maximum absolute atomic E-state index is 14.7. The molecule has 0 aliphatic carbocycles. The Labute approximate surface area is 173 Å². The molecule has 0 radical (unpaired) electrons. The third-order valence-electron chi connectivity index (χ3n) is 5.45. The lowest BCUT2D eigenvalue weighted by molar-refractivity contribution is -0.140. The first kappa shape index (κ1) is 20.1. The minimum atomic E-state index is -1.04. The van der Waals surface area contributed by atoms with Crippen molar-refractivity contribution < 1.29 is 28.6 Å². The van der Waals surface area contributed by atoms with E-state index in [0.717, 1.165) is 11.3 Å². The number of likely N-dealkylation sites (tertiary alicyclic amines) is 1. The number of rotatable bonds is 5. The van der Waals surface area contributed by atoms with Crippen LogP contribution in [-0.2, 0) is 20.7 Å². The Morgan fingerprint density at radius 1 is 1.27 bits per heavy atom. The highest BCUT2D eigenvalue weighted by atomic mass is 19.1. The first-order chi connectivity index (χ1) is 14.4. The predicted molar refractivity (Wildman–Crippen MR) is 108 cm³/mol. The van der Waals surface area contributed by atoms with E-state index in [0.29, 0.717) is 12.0 Å². The normalized spacial score (nSPS) is 22.3. The molecule has 0 spiro atoms. The molecule has 1 saturated heterocycles. The van der Waals surface area contributed by atoms with Crippen molar-refractivity contribution >= 4 is 17.4 Å². The molecular weight excluding hydrogens is 389 g/mol. The number of halogens is 1. The zero-order valence-electron chi connectivity index (χ0n) is 16.7. The number of benzene rings is 2. The molecule has 0 unspecified atom stereocenters. The second-order valence-corrected chi connectivity index (χ2v) is 7.46. The van der Waals surface area contributed by atoms with Crippen LogP contribution in [0.25, 0.3) is 5.76 Å². The van der Waals surface area contributed by atoms with Gasteiger partial charge < -0.3 is 19.5 Å². The lowest BCUT2D eigenvalue weighted by atomic mass is 9.94. The van der Waals surface area contributed by atoms with Gasteiger partial charge in [0.2, 0.25) is 0 Å². The molecule has 2 aliphatic rings. The largest absolute Gasteiger partial charge is 0.507 e. The van der Waals surface area contributed by atoms with Gasteiger partial charge in [-0.2, -0.15) is 0 Å². The van der Waals surface area contributed by atoms with Crippen molar-refractivity contribution in [3.05, 3.63) is 70.5 Å². The van der Waals surface area contributed by atoms with Crippen molar-refractivity contribution in [1.82, 2.24) is 4.90 Å². The molecule has 30 heavy (non-hydrogen) atoms. The molecule has 0 aromatic heterocycles. The highest BCUT2D eigenvalue weighted by Gasteiger charge is 2.46. The van der Waals surface area contributed by atoms with Gasteiger partial charge in [0.1, 0.15) is 23.4 Å². The first-order valence-corrected chi connectivity index (χ1v) is 9.74. The summed E-state index contributed by atoms with van der Waals surface area (Å²) in [6, 6.07) is 10.0. The van der Waals surface area contributed by atoms with Crippen LogP contribution < -0.4 is 4.74 Å². The zero-order valence-corrected chi connectivity index (χ0v) is 16.7. The van der Waals surface area contributed by atoms with Gasteiger partial charge in [-0.3, -0.25) is 9.59 Å². The standard InChI is InChI=1S/C23H22FNO5/c1-13-11-15-12-14(7-8-18(15)30-13)21(26)19-20(16-5-3-4-6-17(16)24)25(9-10-29-2)23(28)22(19)27/h3-8,12-13,20,26H,9-11H2,1-2H3/t13-,20-/m0/s1. The summed E-state index contributed by atoms with van der Waals surface area (Å²) in [6.07, 6.45) is 0.700. The average molecular weight is 411 g/mol. The van der Waals surface area contributed by atoms with E-state index < -0.39 is 23.5 Å². The van der Waals surface area contributed by atoms with Crippen LogP contribution >= 0.6 is 0 Å². The van der Waals surface area contributed by atoms with Crippen LogP contribution in [0.1, 0.15) is 29.7 Å². The number of hydrogen-bond donors (Lipinski definition) is 1. The van der Waals surface area contributed by atoms with E-state index >= 15 is 0 Å². The van der Waals surface area contributed by atoms with E-state index in [1.807, 2.05) is 6.92 Å². The number of carbonyl (C=O) groups excluding carboxylic acids is 2. The summed E-state index contributed by atoms with van der Waals surface area (Å²) >= 11 is 0. The number of ether oxygens (including phenoxy) is 2. The molecule has 1 N–H and O–H groups in total. The molecule has 2 aromatic rings. The number of hydrogen-bond acceptors (Lipinski definition) is 5. The summed E-state index contributed by atoms with van der Waals surface area (Å²) in [5, 5.41) is 11.1. The monoisotopic (exact) mass is 411 g/mol. The molecule has 2 atom stereocenters. The maximum atomic E-state index is 14.7. The Balaban J connectivity index is 1.85. The van der Waals surface area contributed by atoms with Crippen molar-refractivity contribution in [3.8, 4) is 5.75 Å². The molecule has 156 valence electrons. The fourth-order valence-electron chi connectivity index (χ4n) is 4.05. The van der Waals surface area contributed by atoms with E-state index in [-0.39, 0.29) is 36.2 Å². The number of ketones is 1. The minimum absolute atomic E-state index is 0.0236. The fourth-order valence-corrected chi connectivity index (χ4v) is 4.05. The number of carbonyl (C=O) groups is 2. The highest BCUT2D eigenvalue weighted by Crippen LogP contribution is 2.41. The quantitative estimate of drug-likeness (QED) is 0.465. The van der Waals surface area contributed by atoms with Crippen molar-refractivity contribution in [1.29, 1.82) is 0 Å². The molecular formula is C23H22FNO5. The van der Waals surface area contributed by atoms with E-state index in [2.05, 4.69) is 0 Å². The first-order valence-electron chi connectivity index (χ1n) is 9.74. The van der Waals surface area contributed by atoms with Crippen LogP contribution in [-0.4, -0.2) is 48.1 Å². The van der Waals surface area contributed by atoms with Gasteiger partial charge in [-0.05, 0) is 36.8 Å². The summed E-state index contributed by atoms with van der Waals surface area (Å²) in [5.74, 6) is -1.80. The van der Waals surface area contributed by atoms with E-state index in [9.17, 15) is 19.1 Å². The third-order valence-corrected chi connectivity index (χ3v) is 5.45. The second kappa shape index (κ2) is 7.91. The van der Waals surface area contributed by atoms with Crippen molar-refractivity contribution in [2.45, 2.75) is 25.5 Å². The smallest absolute Gasteiger partial charge is 0.295 e. The van der Waals surface area contributed by atoms with Crippen LogP contribution in [0.15, 0.2) is 48.0 Å². The van der Waals surface area contributed by atoms with Gasteiger partial charge in [0.05, 0.1) is 18.2 Å². The van der Waals surface area contributed by atoms with Crippen molar-refractivity contribution in [2.24, 2.45) is 0 Å². The molecule has 6 nitrogen and oxygen atoms in total. The maximum Gasteiger partial charge on any atom is 0.295 e. The molecule has 1 fully saturated rings. The Hall–Kier alpha value is -3.19. The van der Waals surface area contributed by atoms with Gasteiger partial charge in [0.25, 0.3) is 11.7 Å². The molecule has 2 heterocycles. The van der Waals surface area contributed by atoms with Crippen LogP contribution in [0, 0.1) is 5.82 Å². The lowest BCUT2D eigenvalue weighted by Gasteiger charge is -2.25. The van der Waals surface area contributed by atoms with E-state index in [1.54, 1.807) is 24.3 Å². The van der Waals surface area contributed by atoms with Gasteiger partial charge in [0, 0.05) is 31.2 Å². The topological polar surface area (TPSA) is 76.1 Å². The number of aliphatic hydroxyl groups excluding tert-OH is 1. The molecule has 4 rings (SSSR count). The number of fused-ring (bicyclic) bond motifs is 1. The summed E-state index contributed by atoms with van der Waals surface area (Å²) in [6.45, 7) is 2.21. The molecule has 2 aromatic carbocycles. The summed E-state index contributed by atoms with van der Waals surface area (Å²) < 4.78 is 25.4. The van der Waals surface area contributed by atoms with Gasteiger partial charge in [-0.25, -0.2) is 4.39 Å². The Morgan fingerprint density at radius 2 is 2.03 bits per heavy atom. The Kier molecular flexibility index (Phi) is 5.30. The summed E-state index contributed by atoms with van der Waals surface area (Å²) in [7, 11) is 1.47. The van der Waals surface area contributed by atoms with Gasteiger partial charge in [0.15, 0.2) is 0 Å². The lowest BCUT2D eigenvalue weighted by Crippen LogP contribution is -2.33. The minimum Gasteiger partial charge on any atom is -0.507 e. The van der Waals surface area contributed by atoms with E-state index in [4.69, 9.17) is 9.47 Å². The Morgan fingerprint density at radius 3 is 2.77 bits per heavy atom. The van der Waals surface area contributed by atoms with E-state index in [1.165, 1.54) is 30.2 Å². The Bertz CT molecular complexity index is 1050. The summed E-state index contributed by atoms with van der Waals surface area (Å²) in [4.78, 5) is 26.8. The van der Waals surface area contributed by atoms with Gasteiger partial charge in [-0.1, -0.05) is 18.2 Å². The number of Topliss-reactive ketones (excluding diaryl/α,β-unsaturated/α-hetero) is 1.